The first-order chi connectivity index (χ1) is 9.13. The van der Waals surface area contributed by atoms with Gasteiger partial charge in [0.15, 0.2) is 0 Å². The van der Waals surface area contributed by atoms with Gasteiger partial charge in [-0.05, 0) is 44.5 Å². The Bertz CT molecular complexity index is 390. The summed E-state index contributed by atoms with van der Waals surface area (Å²) < 4.78 is 5.79. The Kier molecular flexibility index (Phi) is 5.22. The molecule has 0 spiro atoms. The van der Waals surface area contributed by atoms with Crippen LogP contribution in [-0.2, 0) is 4.74 Å². The lowest BCUT2D eigenvalue weighted by Crippen LogP contribution is -2.47. The molecule has 1 aliphatic heterocycles. The van der Waals surface area contributed by atoms with E-state index in [-0.39, 0.29) is 12.1 Å². The molecular weight excluding hydrogens is 260 g/mol. The topological polar surface area (TPSA) is 38.5 Å². The molecular formula is C15H23ClN2O. The third-order valence-electron chi connectivity index (χ3n) is 4.12. The van der Waals surface area contributed by atoms with Gasteiger partial charge in [-0.3, -0.25) is 4.90 Å². The summed E-state index contributed by atoms with van der Waals surface area (Å²) >= 11 is 5.94. The third-order valence-corrected chi connectivity index (χ3v) is 4.37. The summed E-state index contributed by atoms with van der Waals surface area (Å²) in [6, 6.07) is 8.59. The van der Waals surface area contributed by atoms with Crippen molar-refractivity contribution in [1.82, 2.24) is 4.90 Å². The fraction of sp³-hybridized carbons (Fsp3) is 0.600. The third kappa shape index (κ3) is 3.48. The van der Waals surface area contributed by atoms with Gasteiger partial charge in [0.25, 0.3) is 0 Å². The van der Waals surface area contributed by atoms with Gasteiger partial charge in [-0.2, -0.15) is 0 Å². The molecule has 0 aromatic heterocycles. The normalized spacial score (nSPS) is 22.7. The number of ether oxygens (including phenoxy) is 1. The maximum atomic E-state index is 5.95. The maximum Gasteiger partial charge on any atom is 0.0743 e. The smallest absolute Gasteiger partial charge is 0.0743 e. The van der Waals surface area contributed by atoms with Crippen LogP contribution in [0.15, 0.2) is 24.3 Å². The number of nitrogens with two attached hydrogens (primary N) is 1. The Morgan fingerprint density at radius 3 is 2.63 bits per heavy atom. The number of rotatable bonds is 5. The molecule has 0 bridgehead atoms. The van der Waals surface area contributed by atoms with Crippen LogP contribution in [0.5, 0.6) is 0 Å². The number of halogens is 1. The van der Waals surface area contributed by atoms with Gasteiger partial charge in [0.2, 0.25) is 0 Å². The average molecular weight is 283 g/mol. The molecule has 0 aliphatic carbocycles. The van der Waals surface area contributed by atoms with E-state index in [0.717, 1.165) is 24.5 Å². The molecule has 19 heavy (non-hydrogen) atoms. The van der Waals surface area contributed by atoms with Gasteiger partial charge in [0.05, 0.1) is 6.10 Å². The van der Waals surface area contributed by atoms with Crippen molar-refractivity contribution in [2.45, 2.75) is 38.0 Å². The molecule has 4 heteroatoms. The zero-order valence-electron chi connectivity index (χ0n) is 11.7. The quantitative estimate of drug-likeness (QED) is 0.902. The number of hydrogen-bond donors (Lipinski definition) is 1. The molecule has 0 radical (unpaired) electrons. The predicted octanol–water partition coefficient (Wildman–Crippen LogP) is 2.84. The molecule has 2 rings (SSSR count). The summed E-state index contributed by atoms with van der Waals surface area (Å²) in [5.41, 5.74) is 7.20. The molecule has 3 nitrogen and oxygen atoms in total. The zero-order valence-corrected chi connectivity index (χ0v) is 12.4. The van der Waals surface area contributed by atoms with Crippen LogP contribution < -0.4 is 5.73 Å². The van der Waals surface area contributed by atoms with Crippen LogP contribution >= 0.6 is 11.6 Å². The van der Waals surface area contributed by atoms with Crippen molar-refractivity contribution in [3.63, 3.8) is 0 Å². The first kappa shape index (κ1) is 14.8. The van der Waals surface area contributed by atoms with Gasteiger partial charge < -0.3 is 10.5 Å². The number of nitrogens with zero attached hydrogens (tertiary/aromatic N) is 1. The van der Waals surface area contributed by atoms with Crippen molar-refractivity contribution in [2.24, 2.45) is 5.73 Å². The van der Waals surface area contributed by atoms with Crippen LogP contribution in [0.1, 0.15) is 31.4 Å². The minimum Gasteiger partial charge on any atom is -0.377 e. The fourth-order valence-corrected chi connectivity index (χ4v) is 2.88. The lowest BCUT2D eigenvalue weighted by atomic mass is 10.0. The van der Waals surface area contributed by atoms with E-state index in [0.29, 0.717) is 12.6 Å². The van der Waals surface area contributed by atoms with Gasteiger partial charge in [-0.25, -0.2) is 0 Å². The van der Waals surface area contributed by atoms with Gasteiger partial charge in [0, 0.05) is 30.3 Å². The molecule has 3 atom stereocenters. The Hall–Kier alpha value is -0.610. The van der Waals surface area contributed by atoms with Crippen molar-refractivity contribution >= 4 is 11.6 Å². The van der Waals surface area contributed by atoms with E-state index in [1.165, 1.54) is 5.56 Å². The van der Waals surface area contributed by atoms with Crippen LogP contribution in [0, 0.1) is 0 Å². The van der Waals surface area contributed by atoms with Crippen LogP contribution in [0.25, 0.3) is 0 Å². The van der Waals surface area contributed by atoms with Crippen molar-refractivity contribution < 1.29 is 4.74 Å². The van der Waals surface area contributed by atoms with Gasteiger partial charge in [-0.15, -0.1) is 0 Å². The minimum atomic E-state index is 0.268. The number of likely N-dealkylation sites (N-methyl/N-ethyl adjacent to an activating group) is 1. The Morgan fingerprint density at radius 1 is 1.42 bits per heavy atom. The monoisotopic (exact) mass is 282 g/mol. The van der Waals surface area contributed by atoms with E-state index in [1.807, 2.05) is 12.1 Å². The van der Waals surface area contributed by atoms with Crippen LogP contribution in [-0.4, -0.2) is 37.2 Å². The fourth-order valence-electron chi connectivity index (χ4n) is 2.75. The highest BCUT2D eigenvalue weighted by Crippen LogP contribution is 2.26. The summed E-state index contributed by atoms with van der Waals surface area (Å²) in [6.45, 7) is 3.68. The second-order valence-corrected chi connectivity index (χ2v) is 5.68. The highest BCUT2D eigenvalue weighted by molar-refractivity contribution is 6.30. The van der Waals surface area contributed by atoms with Crippen molar-refractivity contribution in [1.29, 1.82) is 0 Å². The molecule has 1 fully saturated rings. The maximum absolute atomic E-state index is 5.95. The van der Waals surface area contributed by atoms with E-state index in [4.69, 9.17) is 22.1 Å². The lowest BCUT2D eigenvalue weighted by Gasteiger charge is -2.35. The highest BCUT2D eigenvalue weighted by Gasteiger charge is 2.30. The average Bonchev–Trinajstić information content (AvgIpc) is 2.93. The Balaban J connectivity index is 2.07. The summed E-state index contributed by atoms with van der Waals surface area (Å²) in [5, 5.41) is 0.771. The van der Waals surface area contributed by atoms with E-state index >= 15 is 0 Å². The van der Waals surface area contributed by atoms with Crippen LogP contribution in [0.4, 0.5) is 0 Å². The Labute approximate surface area is 120 Å². The first-order valence-corrected chi connectivity index (χ1v) is 7.30. The standard InChI is InChI=1S/C15H23ClN2O/c1-11(12-5-7-13(16)8-6-12)18(2)14(10-17)15-4-3-9-19-15/h5-8,11,14-15H,3-4,9-10,17H2,1-2H3. The summed E-state index contributed by atoms with van der Waals surface area (Å²) in [5.74, 6) is 0. The lowest BCUT2D eigenvalue weighted by molar-refractivity contribution is 0.0235. The van der Waals surface area contributed by atoms with Crippen molar-refractivity contribution in [2.75, 3.05) is 20.2 Å². The zero-order chi connectivity index (χ0) is 13.8. The second kappa shape index (κ2) is 6.71. The highest BCUT2D eigenvalue weighted by atomic mass is 35.5. The predicted molar refractivity (Wildman–Crippen MR) is 79.4 cm³/mol. The molecule has 1 aromatic rings. The second-order valence-electron chi connectivity index (χ2n) is 5.25. The van der Waals surface area contributed by atoms with Crippen LogP contribution in [0.2, 0.25) is 5.02 Å². The first-order valence-electron chi connectivity index (χ1n) is 6.92. The number of benzene rings is 1. The van der Waals surface area contributed by atoms with Crippen molar-refractivity contribution in [3.05, 3.63) is 34.9 Å². The molecule has 3 unspecified atom stereocenters. The molecule has 2 N–H and O–H groups in total. The molecule has 0 saturated carbocycles. The molecule has 1 aliphatic rings. The summed E-state index contributed by atoms with van der Waals surface area (Å²) in [4.78, 5) is 2.32. The van der Waals surface area contributed by atoms with E-state index in [2.05, 4.69) is 31.0 Å². The molecule has 106 valence electrons. The minimum absolute atomic E-state index is 0.268. The molecule has 1 saturated heterocycles. The summed E-state index contributed by atoms with van der Waals surface area (Å²) in [6.07, 6.45) is 2.52. The Morgan fingerprint density at radius 2 is 2.11 bits per heavy atom. The van der Waals surface area contributed by atoms with E-state index in [1.54, 1.807) is 0 Å². The largest absolute Gasteiger partial charge is 0.377 e. The molecule has 0 amide bonds. The van der Waals surface area contributed by atoms with Crippen LogP contribution in [0.3, 0.4) is 0 Å². The SMILES string of the molecule is CC(c1ccc(Cl)cc1)N(C)C(CN)C1CCCO1. The van der Waals surface area contributed by atoms with Gasteiger partial charge in [0.1, 0.15) is 0 Å². The van der Waals surface area contributed by atoms with Crippen molar-refractivity contribution in [3.8, 4) is 0 Å². The van der Waals surface area contributed by atoms with E-state index < -0.39 is 0 Å². The van der Waals surface area contributed by atoms with Gasteiger partial charge >= 0.3 is 0 Å². The van der Waals surface area contributed by atoms with Gasteiger partial charge in [-0.1, -0.05) is 23.7 Å². The molecule has 1 heterocycles. The summed E-state index contributed by atoms with van der Waals surface area (Å²) in [7, 11) is 2.12. The van der Waals surface area contributed by atoms with E-state index in [9.17, 15) is 0 Å². The molecule has 1 aromatic carbocycles. The number of hydrogen-bond acceptors (Lipinski definition) is 3.